The number of hydrogen-bond acceptors (Lipinski definition) is 5. The van der Waals surface area contributed by atoms with Gasteiger partial charge in [-0.2, -0.15) is 0 Å². The van der Waals surface area contributed by atoms with E-state index in [4.69, 9.17) is 9.47 Å². The van der Waals surface area contributed by atoms with Crippen molar-refractivity contribution in [2.75, 3.05) is 14.2 Å². The fraction of sp³-hybridized carbons (Fsp3) is 0.417. The first-order valence-electron chi connectivity index (χ1n) is 5.13. The second kappa shape index (κ2) is 5.43. The highest BCUT2D eigenvalue weighted by Gasteiger charge is 2.34. The fourth-order valence-corrected chi connectivity index (χ4v) is 1.70. The van der Waals surface area contributed by atoms with Crippen molar-refractivity contribution in [3.63, 3.8) is 0 Å². The second-order valence-corrected chi connectivity index (χ2v) is 3.53. The Morgan fingerprint density at radius 1 is 1.06 bits per heavy atom. The molecule has 0 radical (unpaired) electrons. The van der Waals surface area contributed by atoms with Gasteiger partial charge in [-0.15, -0.1) is 0 Å². The van der Waals surface area contributed by atoms with Crippen molar-refractivity contribution in [2.45, 2.75) is 19.8 Å². The van der Waals surface area contributed by atoms with Crippen LogP contribution >= 0.6 is 0 Å². The van der Waals surface area contributed by atoms with Crippen molar-refractivity contribution in [1.29, 1.82) is 0 Å². The van der Waals surface area contributed by atoms with Crippen LogP contribution in [-0.2, 0) is 23.9 Å². The van der Waals surface area contributed by atoms with Crippen molar-refractivity contribution >= 4 is 17.9 Å². The number of allylic oxidation sites excluding steroid dienone is 2. The molecular formula is C12H14O5. The Labute approximate surface area is 99.1 Å². The highest BCUT2D eigenvalue weighted by atomic mass is 16.5. The van der Waals surface area contributed by atoms with Crippen molar-refractivity contribution in [3.05, 3.63) is 22.7 Å². The summed E-state index contributed by atoms with van der Waals surface area (Å²) in [4.78, 5) is 34.2. The van der Waals surface area contributed by atoms with Gasteiger partial charge >= 0.3 is 0 Å². The average Bonchev–Trinajstić information content (AvgIpc) is 2.33. The number of ketones is 2. The zero-order chi connectivity index (χ0) is 13.0. The van der Waals surface area contributed by atoms with Crippen LogP contribution in [0, 0.1) is 0 Å². The van der Waals surface area contributed by atoms with E-state index in [1.807, 2.05) is 0 Å². The van der Waals surface area contributed by atoms with Gasteiger partial charge in [-0.05, 0) is 13.3 Å². The summed E-state index contributed by atoms with van der Waals surface area (Å²) in [5, 5.41) is 0. The Balaban J connectivity index is 3.18. The molecule has 1 aliphatic carbocycles. The maximum Gasteiger partial charge on any atom is 0.228 e. The Hall–Kier alpha value is -1.91. The molecule has 0 fully saturated rings. The van der Waals surface area contributed by atoms with Crippen LogP contribution in [0.5, 0.6) is 0 Å². The van der Waals surface area contributed by atoms with E-state index in [1.165, 1.54) is 14.2 Å². The van der Waals surface area contributed by atoms with E-state index in [0.717, 1.165) is 0 Å². The summed E-state index contributed by atoms with van der Waals surface area (Å²) in [6.45, 7) is 1.55. The molecule has 0 heterocycles. The molecule has 0 N–H and O–H groups in total. The highest BCUT2D eigenvalue weighted by molar-refractivity contribution is 6.23. The molecule has 0 saturated heterocycles. The third-order valence-electron chi connectivity index (χ3n) is 2.61. The lowest BCUT2D eigenvalue weighted by Gasteiger charge is -2.19. The number of ether oxygens (including phenoxy) is 2. The average molecular weight is 238 g/mol. The van der Waals surface area contributed by atoms with E-state index in [0.29, 0.717) is 17.4 Å². The molecular weight excluding hydrogens is 224 g/mol. The molecule has 0 saturated carbocycles. The van der Waals surface area contributed by atoms with E-state index in [1.54, 1.807) is 6.92 Å². The first-order valence-corrected chi connectivity index (χ1v) is 5.13. The third-order valence-corrected chi connectivity index (χ3v) is 2.61. The molecule has 5 heteroatoms. The molecule has 0 aromatic carbocycles. The topological polar surface area (TPSA) is 69.7 Å². The predicted octanol–water partition coefficient (Wildman–Crippen LogP) is 0.938. The van der Waals surface area contributed by atoms with Crippen LogP contribution in [0.2, 0.25) is 0 Å². The molecule has 0 atom stereocenters. The van der Waals surface area contributed by atoms with E-state index >= 15 is 0 Å². The summed E-state index contributed by atoms with van der Waals surface area (Å²) < 4.78 is 9.78. The quantitative estimate of drug-likeness (QED) is 0.526. The first kappa shape index (κ1) is 13.2. The molecule has 0 spiro atoms. The number of hydrogen-bond donors (Lipinski definition) is 0. The summed E-state index contributed by atoms with van der Waals surface area (Å²) >= 11 is 0. The maximum atomic E-state index is 12.0. The van der Waals surface area contributed by atoms with Crippen LogP contribution in [-0.4, -0.2) is 32.1 Å². The summed E-state index contributed by atoms with van der Waals surface area (Å²) in [6, 6.07) is 0. The zero-order valence-electron chi connectivity index (χ0n) is 10.0. The van der Waals surface area contributed by atoms with Gasteiger partial charge in [0.25, 0.3) is 0 Å². The lowest BCUT2D eigenvalue weighted by molar-refractivity contribution is -0.121. The predicted molar refractivity (Wildman–Crippen MR) is 59.1 cm³/mol. The normalized spacial score (nSPS) is 16.4. The number of carbonyl (C=O) groups excluding carboxylic acids is 3. The molecule has 5 nitrogen and oxygen atoms in total. The number of aldehydes is 1. The minimum Gasteiger partial charge on any atom is -0.489 e. The SMILES string of the molecule is COC1=C(OC)C(=O)C(CCC=O)=C(C)C1=O. The molecule has 92 valence electrons. The van der Waals surface area contributed by atoms with Gasteiger partial charge in [-0.1, -0.05) is 0 Å². The first-order chi connectivity index (χ1) is 8.08. The van der Waals surface area contributed by atoms with E-state index in [2.05, 4.69) is 0 Å². The van der Waals surface area contributed by atoms with Gasteiger partial charge < -0.3 is 14.3 Å². The fourth-order valence-electron chi connectivity index (χ4n) is 1.70. The lowest BCUT2D eigenvalue weighted by atomic mass is 9.90. The smallest absolute Gasteiger partial charge is 0.228 e. The molecule has 17 heavy (non-hydrogen) atoms. The van der Waals surface area contributed by atoms with Crippen molar-refractivity contribution in [1.82, 2.24) is 0 Å². The van der Waals surface area contributed by atoms with Gasteiger partial charge in [0.05, 0.1) is 14.2 Å². The van der Waals surface area contributed by atoms with Crippen LogP contribution in [0.3, 0.4) is 0 Å². The minimum atomic E-state index is -0.386. The van der Waals surface area contributed by atoms with Crippen LogP contribution < -0.4 is 0 Å². The van der Waals surface area contributed by atoms with Gasteiger partial charge in [0.1, 0.15) is 6.29 Å². The van der Waals surface area contributed by atoms with E-state index < -0.39 is 0 Å². The van der Waals surface area contributed by atoms with Gasteiger partial charge in [0, 0.05) is 17.6 Å². The maximum absolute atomic E-state index is 12.0. The molecule has 0 amide bonds. The van der Waals surface area contributed by atoms with Crippen LogP contribution in [0.1, 0.15) is 19.8 Å². The number of Topliss-reactive ketones (excluding diaryl/α,β-unsaturated/α-hetero) is 2. The number of rotatable bonds is 5. The van der Waals surface area contributed by atoms with Crippen molar-refractivity contribution in [2.24, 2.45) is 0 Å². The second-order valence-electron chi connectivity index (χ2n) is 3.53. The number of methoxy groups -OCH3 is 2. The summed E-state index contributed by atoms with van der Waals surface area (Å²) in [5.41, 5.74) is 0.634. The van der Waals surface area contributed by atoms with Crippen molar-refractivity contribution < 1.29 is 23.9 Å². The van der Waals surface area contributed by atoms with Gasteiger partial charge in [0.15, 0.2) is 0 Å². The van der Waals surface area contributed by atoms with Crippen LogP contribution in [0.15, 0.2) is 22.7 Å². The van der Waals surface area contributed by atoms with Gasteiger partial charge in [0.2, 0.25) is 23.1 Å². The minimum absolute atomic E-state index is 0.0788. The molecule has 0 aliphatic heterocycles. The molecule has 0 bridgehead atoms. The Bertz CT molecular complexity index is 428. The van der Waals surface area contributed by atoms with E-state index in [9.17, 15) is 14.4 Å². The van der Waals surface area contributed by atoms with Gasteiger partial charge in [-0.25, -0.2) is 0 Å². The molecule has 1 rings (SSSR count). The third kappa shape index (κ3) is 2.27. The Morgan fingerprint density at radius 3 is 2.06 bits per heavy atom. The largest absolute Gasteiger partial charge is 0.489 e. The van der Waals surface area contributed by atoms with E-state index in [-0.39, 0.29) is 35.9 Å². The number of carbonyl (C=O) groups is 3. The summed E-state index contributed by atoms with van der Waals surface area (Å²) in [5.74, 6) is -0.929. The van der Waals surface area contributed by atoms with Gasteiger partial charge in [-0.3, -0.25) is 9.59 Å². The Morgan fingerprint density at radius 2 is 1.59 bits per heavy atom. The lowest BCUT2D eigenvalue weighted by Crippen LogP contribution is -2.25. The summed E-state index contributed by atoms with van der Waals surface area (Å²) in [7, 11) is 2.61. The highest BCUT2D eigenvalue weighted by Crippen LogP contribution is 2.27. The molecule has 1 aliphatic rings. The molecule has 0 aromatic heterocycles. The monoisotopic (exact) mass is 238 g/mol. The van der Waals surface area contributed by atoms with Crippen LogP contribution in [0.4, 0.5) is 0 Å². The zero-order valence-corrected chi connectivity index (χ0v) is 10.0. The summed E-state index contributed by atoms with van der Waals surface area (Å²) in [6.07, 6.45) is 1.15. The molecule has 0 aromatic rings. The molecule has 0 unspecified atom stereocenters. The van der Waals surface area contributed by atoms with Crippen LogP contribution in [0.25, 0.3) is 0 Å². The van der Waals surface area contributed by atoms with Crippen molar-refractivity contribution in [3.8, 4) is 0 Å². The Kier molecular flexibility index (Phi) is 4.20. The standard InChI is InChI=1S/C12H14O5/c1-7-8(5-4-6-13)10(15)12(17-3)11(16-2)9(7)14/h6H,4-5H2,1-3H3.